The van der Waals surface area contributed by atoms with Crippen LogP contribution < -0.4 is 22.3 Å². The molecule has 0 aliphatic carbocycles. The van der Waals surface area contributed by atoms with E-state index in [9.17, 15) is 44.4 Å². The topological polar surface area (TPSA) is 251 Å². The number of esters is 1. The Bertz CT molecular complexity index is 1590. The van der Waals surface area contributed by atoms with Gasteiger partial charge in [-0.1, -0.05) is 24.8 Å². The zero-order valence-corrected chi connectivity index (χ0v) is 23.8. The normalized spacial score (nSPS) is 26.7. The van der Waals surface area contributed by atoms with Crippen LogP contribution in [0.25, 0.3) is 0 Å². The van der Waals surface area contributed by atoms with E-state index in [2.05, 4.69) is 11.9 Å². The molecular formula is C28H32N4O13. The highest BCUT2D eigenvalue weighted by atomic mass is 16.7. The van der Waals surface area contributed by atoms with Gasteiger partial charge in [-0.15, -0.1) is 0 Å². The fraction of sp³-hybridized carbons (Fsp3) is 0.393. The molecule has 4 rings (SSSR count). The Morgan fingerprint density at radius 2 is 1.80 bits per heavy atom. The summed E-state index contributed by atoms with van der Waals surface area (Å²) in [5, 5.41) is 44.5. The summed E-state index contributed by atoms with van der Waals surface area (Å²) in [5.74, 6) is -4.70. The molecule has 0 saturated carbocycles. The third-order valence-corrected chi connectivity index (χ3v) is 7.01. The smallest absolute Gasteiger partial charge is 0.335 e. The summed E-state index contributed by atoms with van der Waals surface area (Å²) in [4.78, 5) is 62.6. The molecule has 17 heteroatoms. The lowest BCUT2D eigenvalue weighted by Crippen LogP contribution is -2.52. The lowest BCUT2D eigenvalue weighted by molar-refractivity contribution is -0.239. The zero-order valence-electron chi connectivity index (χ0n) is 23.8. The number of aromatic nitrogens is 2. The van der Waals surface area contributed by atoms with Gasteiger partial charge in [0.05, 0.1) is 6.61 Å². The van der Waals surface area contributed by atoms with Crippen molar-refractivity contribution in [2.45, 2.75) is 56.7 Å². The summed E-state index contributed by atoms with van der Waals surface area (Å²) in [6.07, 6.45) is -10.3. The largest absolute Gasteiger partial charge is 0.456 e. The molecule has 17 nitrogen and oxygen atoms in total. The Labute approximate surface area is 254 Å². The van der Waals surface area contributed by atoms with Crippen LogP contribution in [0.1, 0.15) is 13.2 Å². The average molecular weight is 633 g/mol. The van der Waals surface area contributed by atoms with E-state index in [0.717, 1.165) is 22.9 Å². The SMILES string of the molecule is C=C(C)C(=O)OCn1c(=O)ccn([C@@H]2O[C@H]([C@@H](O[C@H]3OC(C(=O)Nc4ccccc4)=C[C@H](O)[C@@H]3O)C(N)=O)[C@@H](CO)[C@H]2O)c1=O. The first kappa shape index (κ1) is 33.2. The Morgan fingerprint density at radius 1 is 1.11 bits per heavy atom. The number of aliphatic hydroxyl groups is 4. The predicted octanol–water partition coefficient (Wildman–Crippen LogP) is -2.58. The summed E-state index contributed by atoms with van der Waals surface area (Å²) in [6.45, 7) is 3.16. The zero-order chi connectivity index (χ0) is 33.0. The van der Waals surface area contributed by atoms with Crippen molar-refractivity contribution < 1.29 is 53.8 Å². The number of nitrogens with two attached hydrogens (primary N) is 1. The number of rotatable bonds is 11. The fourth-order valence-corrected chi connectivity index (χ4v) is 4.63. The van der Waals surface area contributed by atoms with Crippen molar-refractivity contribution in [2.24, 2.45) is 11.7 Å². The minimum Gasteiger partial charge on any atom is -0.456 e. The van der Waals surface area contributed by atoms with Crippen LogP contribution in [0, 0.1) is 5.92 Å². The van der Waals surface area contributed by atoms with E-state index in [0.29, 0.717) is 10.3 Å². The van der Waals surface area contributed by atoms with E-state index in [-0.39, 0.29) is 5.57 Å². The summed E-state index contributed by atoms with van der Waals surface area (Å²) in [7, 11) is 0. The Morgan fingerprint density at radius 3 is 2.42 bits per heavy atom. The average Bonchev–Trinajstić information content (AvgIpc) is 3.32. The van der Waals surface area contributed by atoms with Crippen LogP contribution in [0.15, 0.2) is 76.2 Å². The molecule has 1 aromatic carbocycles. The molecule has 0 unspecified atom stereocenters. The summed E-state index contributed by atoms with van der Waals surface area (Å²) < 4.78 is 23.0. The number of anilines is 1. The van der Waals surface area contributed by atoms with Gasteiger partial charge < -0.3 is 50.4 Å². The van der Waals surface area contributed by atoms with Crippen molar-refractivity contribution >= 4 is 23.5 Å². The van der Waals surface area contributed by atoms with Gasteiger partial charge in [0.1, 0.15) is 24.4 Å². The first-order chi connectivity index (χ1) is 21.3. The minimum atomic E-state index is -1.89. The van der Waals surface area contributed by atoms with Gasteiger partial charge in [0, 0.05) is 29.4 Å². The molecule has 1 aromatic heterocycles. The molecule has 2 amide bonds. The van der Waals surface area contributed by atoms with Crippen molar-refractivity contribution in [3.63, 3.8) is 0 Å². The monoisotopic (exact) mass is 632 g/mol. The summed E-state index contributed by atoms with van der Waals surface area (Å²) in [6, 6.07) is 9.15. The van der Waals surface area contributed by atoms with Crippen LogP contribution in [-0.4, -0.2) is 90.8 Å². The van der Waals surface area contributed by atoms with E-state index >= 15 is 0 Å². The molecule has 2 aliphatic heterocycles. The van der Waals surface area contributed by atoms with Crippen LogP contribution in [-0.2, 0) is 40.1 Å². The number of hydrogen-bond acceptors (Lipinski definition) is 13. The molecule has 0 bridgehead atoms. The highest BCUT2D eigenvalue weighted by Crippen LogP contribution is 2.36. The molecule has 3 heterocycles. The molecule has 2 aromatic rings. The number of ether oxygens (including phenoxy) is 4. The molecule has 0 radical (unpaired) electrons. The molecule has 8 atom stereocenters. The van der Waals surface area contributed by atoms with Crippen LogP contribution in [0.4, 0.5) is 5.69 Å². The van der Waals surface area contributed by atoms with E-state index < -0.39 is 97.1 Å². The third-order valence-electron chi connectivity index (χ3n) is 7.01. The molecule has 1 saturated heterocycles. The van der Waals surface area contributed by atoms with Gasteiger partial charge in [0.15, 0.2) is 24.8 Å². The Kier molecular flexibility index (Phi) is 10.3. The molecule has 45 heavy (non-hydrogen) atoms. The molecule has 0 spiro atoms. The third kappa shape index (κ3) is 7.19. The quantitative estimate of drug-likeness (QED) is 0.110. The summed E-state index contributed by atoms with van der Waals surface area (Å²) >= 11 is 0. The van der Waals surface area contributed by atoms with Crippen LogP contribution >= 0.6 is 0 Å². The van der Waals surface area contributed by atoms with Crippen LogP contribution in [0.5, 0.6) is 0 Å². The molecule has 7 N–H and O–H groups in total. The first-order valence-electron chi connectivity index (χ1n) is 13.5. The van der Waals surface area contributed by atoms with Gasteiger partial charge >= 0.3 is 11.7 Å². The fourth-order valence-electron chi connectivity index (χ4n) is 4.63. The number of para-hydroxylation sites is 1. The second-order valence-electron chi connectivity index (χ2n) is 10.2. The van der Waals surface area contributed by atoms with Gasteiger partial charge in [-0.05, 0) is 25.1 Å². The van der Waals surface area contributed by atoms with Gasteiger partial charge in [0.2, 0.25) is 12.2 Å². The maximum Gasteiger partial charge on any atom is 0.335 e. The Balaban J connectivity index is 1.57. The number of primary amides is 1. The summed E-state index contributed by atoms with van der Waals surface area (Å²) in [5.41, 5.74) is 4.02. The highest BCUT2D eigenvalue weighted by Gasteiger charge is 2.51. The van der Waals surface area contributed by atoms with Crippen molar-refractivity contribution in [1.82, 2.24) is 9.13 Å². The molecule has 242 valence electrons. The lowest BCUT2D eigenvalue weighted by Gasteiger charge is -2.35. The van der Waals surface area contributed by atoms with E-state index in [1.165, 1.54) is 6.92 Å². The van der Waals surface area contributed by atoms with Gasteiger partial charge in [-0.3, -0.25) is 19.0 Å². The number of hydrogen-bond donors (Lipinski definition) is 6. The lowest BCUT2D eigenvalue weighted by atomic mass is 9.94. The van der Waals surface area contributed by atoms with E-state index in [4.69, 9.17) is 24.7 Å². The maximum atomic E-state index is 13.1. The van der Waals surface area contributed by atoms with E-state index in [1.807, 2.05) is 0 Å². The van der Waals surface area contributed by atoms with Crippen molar-refractivity contribution in [2.75, 3.05) is 11.9 Å². The van der Waals surface area contributed by atoms with Crippen LogP contribution in [0.3, 0.4) is 0 Å². The number of benzene rings is 1. The maximum absolute atomic E-state index is 13.1. The van der Waals surface area contributed by atoms with Crippen molar-refractivity contribution in [3.05, 3.63) is 87.4 Å². The second-order valence-corrected chi connectivity index (χ2v) is 10.2. The number of amides is 2. The standard InChI is InChI=1S/C28H32N4O13/c1-13(2)26(40)42-12-32-18(35)8-9-31(28(32)41)25-19(36)15(11-33)21(44-25)22(23(29)38)45-27-20(37)16(34)10-17(43-27)24(39)30-14-6-4-3-5-7-14/h3-10,15-16,19-22,25,27,33-34,36-37H,1,11-12H2,2H3,(H2,29,38)(H,30,39)/t15-,16-,19+,20-,21-,22+,25+,27+/m0/s1. The number of aliphatic hydroxyl groups excluding tert-OH is 4. The van der Waals surface area contributed by atoms with Crippen molar-refractivity contribution in [1.29, 1.82) is 0 Å². The van der Waals surface area contributed by atoms with E-state index in [1.54, 1.807) is 30.3 Å². The van der Waals surface area contributed by atoms with Crippen molar-refractivity contribution in [3.8, 4) is 0 Å². The molecule has 2 aliphatic rings. The number of nitrogens with one attached hydrogen (secondary N) is 1. The number of carbonyl (C=O) groups excluding carboxylic acids is 3. The number of carbonyl (C=O) groups is 3. The molecule has 1 fully saturated rings. The Hall–Kier alpha value is -4.65. The van der Waals surface area contributed by atoms with Gasteiger partial charge in [0.25, 0.3) is 11.5 Å². The highest BCUT2D eigenvalue weighted by molar-refractivity contribution is 6.02. The minimum absolute atomic E-state index is 0.0130. The first-order valence-corrected chi connectivity index (χ1v) is 13.5. The molecular weight excluding hydrogens is 600 g/mol. The van der Waals surface area contributed by atoms with Gasteiger partial charge in [-0.25, -0.2) is 14.2 Å². The van der Waals surface area contributed by atoms with Crippen LogP contribution in [0.2, 0.25) is 0 Å². The predicted molar refractivity (Wildman–Crippen MR) is 150 cm³/mol. The number of nitrogens with zero attached hydrogens (tertiary/aromatic N) is 2. The second kappa shape index (κ2) is 14.0. The van der Waals surface area contributed by atoms with Gasteiger partial charge in [-0.2, -0.15) is 0 Å².